The lowest BCUT2D eigenvalue weighted by Gasteiger charge is -2.26. The number of hydrogen-bond acceptors (Lipinski definition) is 4. The minimum absolute atomic E-state index is 0.954. The summed E-state index contributed by atoms with van der Waals surface area (Å²) in [6.45, 7) is 0. The van der Waals surface area contributed by atoms with E-state index in [9.17, 15) is 0 Å². The largest absolute Gasteiger partial charge is 0.310 e. The predicted octanol–water partition coefficient (Wildman–Crippen LogP) is 19.0. The average Bonchev–Trinajstić information content (AvgIpc) is 4.29. The maximum Gasteiger partial charge on any atom is 0.0703 e. The molecule has 5 heterocycles. The minimum atomic E-state index is 0.954. The number of para-hydroxylation sites is 5. The molecule has 0 aliphatic carbocycles. The molecule has 0 amide bonds. The van der Waals surface area contributed by atoms with Crippen molar-refractivity contribution in [3.05, 3.63) is 285 Å². The molecule has 370 valence electrons. The van der Waals surface area contributed by atoms with E-state index in [0.29, 0.717) is 0 Å². The fourth-order valence-corrected chi connectivity index (χ4v) is 12.3. The van der Waals surface area contributed by atoms with Gasteiger partial charge in [0.25, 0.3) is 0 Å². The Kier molecular flexibility index (Phi) is 10.1. The SMILES string of the molecule is c1ccc(-n2c3ccccc3c3cc(N(c4ccc5ncccc5c4)c4ccc5c(c4)c4cc(N(c6ccc7ncccc7c6)c6ccc7c(c6)c6ccccc6n7-c6ccccc6)ccc4n5-c4ccccc4)ccc32)cc1. The van der Waals surface area contributed by atoms with E-state index in [-0.39, 0.29) is 0 Å². The molecule has 0 atom stereocenters. The summed E-state index contributed by atoms with van der Waals surface area (Å²) in [5.74, 6) is 0. The lowest BCUT2D eigenvalue weighted by atomic mass is 10.1. The molecular formula is C72H47N7. The van der Waals surface area contributed by atoms with Crippen LogP contribution < -0.4 is 9.80 Å². The van der Waals surface area contributed by atoms with Gasteiger partial charge in [0, 0.05) is 107 Å². The van der Waals surface area contributed by atoms with Gasteiger partial charge in [0.05, 0.1) is 44.1 Å². The van der Waals surface area contributed by atoms with E-state index >= 15 is 0 Å². The predicted molar refractivity (Wildman–Crippen MR) is 329 cm³/mol. The van der Waals surface area contributed by atoms with Crippen molar-refractivity contribution in [2.24, 2.45) is 0 Å². The Bertz CT molecular complexity index is 4740. The van der Waals surface area contributed by atoms with E-state index in [4.69, 9.17) is 9.97 Å². The van der Waals surface area contributed by atoms with E-state index < -0.39 is 0 Å². The zero-order valence-electron chi connectivity index (χ0n) is 42.8. The van der Waals surface area contributed by atoms with Crippen LogP contribution in [0.3, 0.4) is 0 Å². The Labute approximate surface area is 455 Å². The summed E-state index contributed by atoms with van der Waals surface area (Å²) in [4.78, 5) is 14.3. The second-order valence-corrected chi connectivity index (χ2v) is 20.3. The smallest absolute Gasteiger partial charge is 0.0703 e. The molecule has 16 rings (SSSR count). The fourth-order valence-electron chi connectivity index (χ4n) is 12.3. The first-order valence-electron chi connectivity index (χ1n) is 26.8. The third-order valence-electron chi connectivity index (χ3n) is 15.8. The third-order valence-corrected chi connectivity index (χ3v) is 15.8. The highest BCUT2D eigenvalue weighted by molar-refractivity contribution is 6.15. The molecule has 0 aliphatic heterocycles. The molecule has 11 aromatic carbocycles. The summed E-state index contributed by atoms with van der Waals surface area (Å²) in [7, 11) is 0. The molecule has 0 radical (unpaired) electrons. The summed E-state index contributed by atoms with van der Waals surface area (Å²) >= 11 is 0. The van der Waals surface area contributed by atoms with Crippen molar-refractivity contribution in [3.63, 3.8) is 0 Å². The van der Waals surface area contributed by atoms with Gasteiger partial charge in [0.1, 0.15) is 0 Å². The van der Waals surface area contributed by atoms with Crippen molar-refractivity contribution in [1.82, 2.24) is 23.7 Å². The Morgan fingerprint density at radius 2 is 0.519 bits per heavy atom. The molecule has 0 unspecified atom stereocenters. The first kappa shape index (κ1) is 44.5. The first-order chi connectivity index (χ1) is 39.2. The maximum absolute atomic E-state index is 4.73. The second-order valence-electron chi connectivity index (χ2n) is 20.3. The van der Waals surface area contributed by atoms with Crippen molar-refractivity contribution >= 4 is 121 Å². The Hall–Kier alpha value is -10.8. The van der Waals surface area contributed by atoms with Crippen LogP contribution in [-0.2, 0) is 0 Å². The average molecular weight is 1010 g/mol. The van der Waals surface area contributed by atoms with Crippen LogP contribution >= 0.6 is 0 Å². The van der Waals surface area contributed by atoms with Gasteiger partial charge in [-0.15, -0.1) is 0 Å². The Morgan fingerprint density at radius 1 is 0.228 bits per heavy atom. The highest BCUT2D eigenvalue weighted by atomic mass is 15.2. The van der Waals surface area contributed by atoms with Crippen LogP contribution in [0.5, 0.6) is 0 Å². The molecule has 16 aromatic rings. The number of benzene rings is 11. The van der Waals surface area contributed by atoms with Crippen LogP contribution in [-0.4, -0.2) is 23.7 Å². The van der Waals surface area contributed by atoms with Crippen LogP contribution in [0.1, 0.15) is 0 Å². The number of hydrogen-bond donors (Lipinski definition) is 0. The molecule has 0 bridgehead atoms. The number of pyridine rings is 2. The summed E-state index contributed by atoms with van der Waals surface area (Å²) in [5, 5.41) is 9.19. The second kappa shape index (κ2) is 17.9. The molecule has 0 saturated carbocycles. The molecule has 7 nitrogen and oxygen atoms in total. The highest BCUT2D eigenvalue weighted by Gasteiger charge is 2.23. The fraction of sp³-hybridized carbons (Fsp3) is 0. The van der Waals surface area contributed by atoms with Gasteiger partial charge in [-0.3, -0.25) is 9.97 Å². The van der Waals surface area contributed by atoms with Crippen molar-refractivity contribution < 1.29 is 0 Å². The Morgan fingerprint density at radius 3 is 0.886 bits per heavy atom. The molecule has 7 heteroatoms. The van der Waals surface area contributed by atoms with Gasteiger partial charge in [-0.1, -0.05) is 103 Å². The van der Waals surface area contributed by atoms with E-state index in [2.05, 4.69) is 284 Å². The monoisotopic (exact) mass is 1010 g/mol. The first-order valence-corrected chi connectivity index (χ1v) is 26.8. The molecule has 0 spiro atoms. The number of anilines is 6. The van der Waals surface area contributed by atoms with Crippen LogP contribution in [0.25, 0.3) is 104 Å². The number of aromatic nitrogens is 5. The summed E-state index contributed by atoms with van der Waals surface area (Å²) in [6, 6.07) is 98.9. The van der Waals surface area contributed by atoms with Crippen LogP contribution in [0.2, 0.25) is 0 Å². The topological polar surface area (TPSA) is 47.1 Å². The number of nitrogens with zero attached hydrogens (tertiary/aromatic N) is 7. The minimum Gasteiger partial charge on any atom is -0.310 e. The quantitative estimate of drug-likeness (QED) is 0.145. The zero-order valence-corrected chi connectivity index (χ0v) is 42.8. The third kappa shape index (κ3) is 7.21. The van der Waals surface area contributed by atoms with Gasteiger partial charge in [0.2, 0.25) is 0 Å². The van der Waals surface area contributed by atoms with Gasteiger partial charge in [-0.25, -0.2) is 0 Å². The van der Waals surface area contributed by atoms with E-state index in [1.807, 2.05) is 24.5 Å². The summed E-state index contributed by atoms with van der Waals surface area (Å²) in [5.41, 5.74) is 18.4. The molecule has 79 heavy (non-hydrogen) atoms. The van der Waals surface area contributed by atoms with E-state index in [0.717, 1.165) is 106 Å². The van der Waals surface area contributed by atoms with Crippen molar-refractivity contribution in [1.29, 1.82) is 0 Å². The highest BCUT2D eigenvalue weighted by Crippen LogP contribution is 2.46. The summed E-state index contributed by atoms with van der Waals surface area (Å²) < 4.78 is 7.16. The van der Waals surface area contributed by atoms with Gasteiger partial charge in [-0.2, -0.15) is 0 Å². The van der Waals surface area contributed by atoms with Crippen molar-refractivity contribution in [3.8, 4) is 17.1 Å². The Balaban J connectivity index is 0.932. The lowest BCUT2D eigenvalue weighted by Crippen LogP contribution is -2.10. The molecule has 0 N–H and O–H groups in total. The molecule has 5 aromatic heterocycles. The summed E-state index contributed by atoms with van der Waals surface area (Å²) in [6.07, 6.45) is 3.73. The van der Waals surface area contributed by atoms with Crippen LogP contribution in [0.15, 0.2) is 285 Å². The standard InChI is InChI=1S/C72H47N7/c1-4-18-50(19-5-1)77-67-26-12-10-24-59(67)61-44-55(30-36-69(61)77)75(53-28-34-65-48(42-53)16-14-40-73-65)57-32-38-71-63(46-57)64-47-58(33-39-72(64)79(71)52-22-8-3-9-23-52)76(54-29-35-66-49(43-54)17-15-41-74-66)56-31-37-70-62(45-56)60-25-11-13-27-68(60)78(70)51-20-6-2-7-21-51/h1-47H. The lowest BCUT2D eigenvalue weighted by molar-refractivity contribution is 1.18. The zero-order chi connectivity index (χ0) is 52.0. The van der Waals surface area contributed by atoms with Crippen molar-refractivity contribution in [2.45, 2.75) is 0 Å². The molecule has 0 fully saturated rings. The number of fused-ring (bicyclic) bond motifs is 11. The van der Waals surface area contributed by atoms with Crippen molar-refractivity contribution in [2.75, 3.05) is 9.80 Å². The van der Waals surface area contributed by atoms with Crippen LogP contribution in [0, 0.1) is 0 Å². The molecule has 0 saturated heterocycles. The normalized spacial score (nSPS) is 11.8. The molecular weight excluding hydrogens is 963 g/mol. The number of rotatable bonds is 9. The van der Waals surface area contributed by atoms with E-state index in [1.54, 1.807) is 0 Å². The molecule has 0 aliphatic rings. The van der Waals surface area contributed by atoms with Gasteiger partial charge in [0.15, 0.2) is 0 Å². The van der Waals surface area contributed by atoms with Gasteiger partial charge in [-0.05, 0) is 170 Å². The maximum atomic E-state index is 4.73. The van der Waals surface area contributed by atoms with Gasteiger partial charge < -0.3 is 23.5 Å². The van der Waals surface area contributed by atoms with Gasteiger partial charge >= 0.3 is 0 Å². The van der Waals surface area contributed by atoms with Crippen LogP contribution in [0.4, 0.5) is 34.1 Å². The van der Waals surface area contributed by atoms with E-state index in [1.165, 1.54) is 32.6 Å².